The van der Waals surface area contributed by atoms with E-state index in [-0.39, 0.29) is 11.7 Å². The van der Waals surface area contributed by atoms with Gasteiger partial charge >= 0.3 is 5.88 Å². The molecule has 0 bridgehead atoms. The summed E-state index contributed by atoms with van der Waals surface area (Å²) in [5.74, 6) is -0.642. The maximum Gasteiger partial charge on any atom is 0.433 e. The summed E-state index contributed by atoms with van der Waals surface area (Å²) >= 11 is 1.33. The number of nitrogens with zero attached hydrogens (tertiary/aromatic N) is 5. The number of aryl methyl sites for hydroxylation is 1. The number of hydrogen-bond donors (Lipinski definition) is 0. The Balaban J connectivity index is 1.72. The summed E-state index contributed by atoms with van der Waals surface area (Å²) in [6.45, 7) is 1.98. The number of aromatic nitrogens is 1. The van der Waals surface area contributed by atoms with Crippen molar-refractivity contribution in [1.29, 1.82) is 0 Å². The van der Waals surface area contributed by atoms with Crippen LogP contribution >= 0.6 is 11.3 Å². The van der Waals surface area contributed by atoms with Crippen LogP contribution < -0.4 is 9.91 Å². The van der Waals surface area contributed by atoms with Gasteiger partial charge in [0.1, 0.15) is 4.92 Å². The molecule has 0 radical (unpaired) electrons. The van der Waals surface area contributed by atoms with Crippen molar-refractivity contribution < 1.29 is 14.1 Å². The molecule has 4 aromatic rings. The van der Waals surface area contributed by atoms with Crippen molar-refractivity contribution in [3.63, 3.8) is 0 Å². The second-order valence-corrected chi connectivity index (χ2v) is 8.21. The Morgan fingerprint density at radius 1 is 1.16 bits per heavy atom. The van der Waals surface area contributed by atoms with Gasteiger partial charge in [-0.25, -0.2) is 4.98 Å². The molecule has 0 atom stereocenters. The van der Waals surface area contributed by atoms with Crippen molar-refractivity contribution in [2.24, 2.45) is 5.10 Å². The molecule has 32 heavy (non-hydrogen) atoms. The monoisotopic (exact) mass is 449 g/mol. The third kappa shape index (κ3) is 4.35. The molecule has 0 spiro atoms. The summed E-state index contributed by atoms with van der Waals surface area (Å²) in [7, 11) is 3.83. The number of nitro groups is 1. The van der Waals surface area contributed by atoms with Crippen molar-refractivity contribution in [2.75, 3.05) is 24.0 Å². The Bertz CT molecular complexity index is 1320. The van der Waals surface area contributed by atoms with Gasteiger partial charge in [-0.2, -0.15) is 10.1 Å². The highest BCUT2D eigenvalue weighted by atomic mass is 32.1. The van der Waals surface area contributed by atoms with Gasteiger partial charge in [-0.15, -0.1) is 0 Å². The summed E-state index contributed by atoms with van der Waals surface area (Å²) < 4.78 is 6.05. The van der Waals surface area contributed by atoms with E-state index in [2.05, 4.69) is 10.1 Å². The first-order valence-corrected chi connectivity index (χ1v) is 10.4. The molecule has 0 saturated heterocycles. The standard InChI is InChI=1S/C22H19N5O4S/c1-14-4-10-18-19(12-14)32-22(24-18)26(23-13-17-9-11-20(31-17)27(29)30)21(28)15-5-7-16(8-6-15)25(2)3/h4-13H,1-3H3/b23-13+. The predicted molar refractivity (Wildman–Crippen MR) is 125 cm³/mol. The lowest BCUT2D eigenvalue weighted by Crippen LogP contribution is -2.25. The molecule has 162 valence electrons. The van der Waals surface area contributed by atoms with Crippen LogP contribution in [0, 0.1) is 17.0 Å². The zero-order chi connectivity index (χ0) is 22.8. The Kier molecular flexibility index (Phi) is 5.69. The topological polar surface area (TPSA) is 105 Å². The van der Waals surface area contributed by atoms with Crippen LogP contribution in [0.25, 0.3) is 10.2 Å². The van der Waals surface area contributed by atoms with Gasteiger partial charge in [0.25, 0.3) is 5.91 Å². The Morgan fingerprint density at radius 3 is 2.56 bits per heavy atom. The number of anilines is 2. The lowest BCUT2D eigenvalue weighted by Gasteiger charge is -2.15. The van der Waals surface area contributed by atoms with Crippen molar-refractivity contribution in [3.05, 3.63) is 81.6 Å². The summed E-state index contributed by atoms with van der Waals surface area (Å²) in [5, 5.41) is 16.7. The molecule has 0 saturated carbocycles. The van der Waals surface area contributed by atoms with Gasteiger partial charge in [0.15, 0.2) is 5.76 Å². The zero-order valence-electron chi connectivity index (χ0n) is 17.6. The molecule has 2 heterocycles. The van der Waals surface area contributed by atoms with Crippen LogP contribution in [-0.4, -0.2) is 36.1 Å². The third-order valence-corrected chi connectivity index (χ3v) is 5.62. The molecular formula is C22H19N5O4S. The van der Waals surface area contributed by atoms with Crippen LogP contribution in [0.3, 0.4) is 0 Å². The molecule has 1 amide bonds. The molecule has 4 rings (SSSR count). The Labute approximate surface area is 187 Å². The van der Waals surface area contributed by atoms with Crippen LogP contribution in [0.5, 0.6) is 0 Å². The molecular weight excluding hydrogens is 430 g/mol. The molecule has 0 aliphatic rings. The van der Waals surface area contributed by atoms with E-state index in [1.54, 1.807) is 12.1 Å². The number of hydrogen-bond acceptors (Lipinski definition) is 8. The minimum Gasteiger partial charge on any atom is -0.400 e. The highest BCUT2D eigenvalue weighted by Gasteiger charge is 2.22. The first-order valence-electron chi connectivity index (χ1n) is 9.59. The maximum absolute atomic E-state index is 13.3. The van der Waals surface area contributed by atoms with E-state index in [1.165, 1.54) is 34.7 Å². The first-order chi connectivity index (χ1) is 15.3. The highest BCUT2D eigenvalue weighted by molar-refractivity contribution is 7.22. The van der Waals surface area contributed by atoms with Crippen LogP contribution in [0.1, 0.15) is 21.7 Å². The van der Waals surface area contributed by atoms with Gasteiger partial charge in [-0.05, 0) is 55.0 Å². The minimum atomic E-state index is -0.636. The second-order valence-electron chi connectivity index (χ2n) is 7.20. The summed E-state index contributed by atoms with van der Waals surface area (Å²) in [5.41, 5.74) is 3.21. The van der Waals surface area contributed by atoms with Crippen molar-refractivity contribution in [1.82, 2.24) is 4.98 Å². The number of carbonyl (C=O) groups is 1. The number of furan rings is 1. The van der Waals surface area contributed by atoms with E-state index in [9.17, 15) is 14.9 Å². The molecule has 2 aromatic carbocycles. The zero-order valence-corrected chi connectivity index (χ0v) is 18.4. The Hall–Kier alpha value is -4.05. The van der Waals surface area contributed by atoms with Gasteiger partial charge in [0.2, 0.25) is 5.13 Å². The van der Waals surface area contributed by atoms with Crippen molar-refractivity contribution >= 4 is 50.4 Å². The summed E-state index contributed by atoms with van der Waals surface area (Å²) in [6, 6.07) is 15.6. The van der Waals surface area contributed by atoms with Crippen molar-refractivity contribution in [3.8, 4) is 0 Å². The second kappa shape index (κ2) is 8.60. The van der Waals surface area contributed by atoms with Crippen LogP contribution in [0.2, 0.25) is 0 Å². The SMILES string of the molecule is Cc1ccc2nc(N(/N=C/c3ccc([N+](=O)[O-])o3)C(=O)c3ccc(N(C)C)cc3)sc2c1. The normalized spacial score (nSPS) is 11.2. The van der Waals surface area contributed by atoms with E-state index in [4.69, 9.17) is 4.42 Å². The van der Waals surface area contributed by atoms with E-state index in [1.807, 2.05) is 56.3 Å². The van der Waals surface area contributed by atoms with Crippen molar-refractivity contribution in [2.45, 2.75) is 6.92 Å². The number of thiazole rings is 1. The molecule has 2 aromatic heterocycles. The predicted octanol–water partition coefficient (Wildman–Crippen LogP) is 4.85. The van der Waals surface area contributed by atoms with Crippen LogP contribution in [-0.2, 0) is 0 Å². The molecule has 10 heteroatoms. The lowest BCUT2D eigenvalue weighted by atomic mass is 10.2. The molecule has 0 N–H and O–H groups in total. The fourth-order valence-electron chi connectivity index (χ4n) is 2.95. The average Bonchev–Trinajstić information content (AvgIpc) is 3.40. The number of carbonyl (C=O) groups excluding carboxylic acids is 1. The van der Waals surface area contributed by atoms with E-state index < -0.39 is 10.8 Å². The quantitative estimate of drug-likeness (QED) is 0.237. The summed E-state index contributed by atoms with van der Waals surface area (Å²) in [4.78, 5) is 30.0. The van der Waals surface area contributed by atoms with E-state index >= 15 is 0 Å². The summed E-state index contributed by atoms with van der Waals surface area (Å²) in [6.07, 6.45) is 1.26. The molecule has 9 nitrogen and oxygen atoms in total. The number of amides is 1. The molecule has 0 aliphatic heterocycles. The fraction of sp³-hybridized carbons (Fsp3) is 0.136. The maximum atomic E-state index is 13.3. The molecule has 0 fully saturated rings. The fourth-order valence-corrected chi connectivity index (χ4v) is 3.97. The van der Waals surface area contributed by atoms with Crippen LogP contribution in [0.15, 0.2) is 64.1 Å². The first kappa shape index (κ1) is 21.2. The number of fused-ring (bicyclic) bond motifs is 1. The number of benzene rings is 2. The largest absolute Gasteiger partial charge is 0.433 e. The highest BCUT2D eigenvalue weighted by Crippen LogP contribution is 2.31. The molecule has 0 aliphatic carbocycles. The lowest BCUT2D eigenvalue weighted by molar-refractivity contribution is -0.402. The van der Waals surface area contributed by atoms with Gasteiger partial charge < -0.3 is 9.32 Å². The minimum absolute atomic E-state index is 0.148. The number of hydrazone groups is 1. The van der Waals surface area contributed by atoms with Gasteiger partial charge in [-0.1, -0.05) is 17.4 Å². The Morgan fingerprint density at radius 2 is 1.91 bits per heavy atom. The van der Waals surface area contributed by atoms with E-state index in [0.29, 0.717) is 10.7 Å². The average molecular weight is 449 g/mol. The van der Waals surface area contributed by atoms with Crippen LogP contribution in [0.4, 0.5) is 16.7 Å². The van der Waals surface area contributed by atoms with Gasteiger partial charge in [-0.3, -0.25) is 14.9 Å². The molecule has 0 unspecified atom stereocenters. The smallest absolute Gasteiger partial charge is 0.400 e. The number of rotatable bonds is 6. The van der Waals surface area contributed by atoms with Gasteiger partial charge in [0.05, 0.1) is 22.5 Å². The van der Waals surface area contributed by atoms with Gasteiger partial charge in [0, 0.05) is 25.3 Å². The third-order valence-electron chi connectivity index (χ3n) is 4.63. The van der Waals surface area contributed by atoms with E-state index in [0.717, 1.165) is 21.5 Å².